The van der Waals surface area contributed by atoms with E-state index in [1.165, 1.54) is 0 Å². The average Bonchev–Trinajstić information content (AvgIpc) is 2.46. The van der Waals surface area contributed by atoms with Crippen LogP contribution < -0.4 is 10.6 Å². The van der Waals surface area contributed by atoms with E-state index in [4.69, 9.17) is 0 Å². The molecule has 2 N–H and O–H groups in total. The van der Waals surface area contributed by atoms with E-state index in [1.54, 1.807) is 6.20 Å². The first-order chi connectivity index (χ1) is 9.59. The third-order valence-corrected chi connectivity index (χ3v) is 3.69. The molecule has 0 spiro atoms. The molecule has 2 heterocycles. The van der Waals surface area contributed by atoms with Crippen LogP contribution in [0.25, 0.3) is 0 Å². The lowest BCUT2D eigenvalue weighted by molar-refractivity contribution is 0.182. The number of piperazine rings is 1. The zero-order valence-electron chi connectivity index (χ0n) is 12.5. The molecule has 1 aromatic rings. The van der Waals surface area contributed by atoms with E-state index in [2.05, 4.69) is 29.5 Å². The maximum absolute atomic E-state index is 12.4. The number of nitrogens with one attached hydrogen (secondary N) is 2. The molecular formula is C15H24N4O. The summed E-state index contributed by atoms with van der Waals surface area (Å²) in [7, 11) is 0. The number of hydrogen-bond donors (Lipinski definition) is 2. The van der Waals surface area contributed by atoms with Gasteiger partial charge in [-0.2, -0.15) is 0 Å². The Labute approximate surface area is 120 Å². The molecule has 2 amide bonds. The van der Waals surface area contributed by atoms with Crippen LogP contribution >= 0.6 is 0 Å². The Balaban J connectivity index is 2.10. The molecule has 110 valence electrons. The van der Waals surface area contributed by atoms with Crippen LogP contribution in [-0.4, -0.2) is 42.1 Å². The van der Waals surface area contributed by atoms with Gasteiger partial charge in [-0.25, -0.2) is 4.79 Å². The normalized spacial score (nSPS) is 17.1. The summed E-state index contributed by atoms with van der Waals surface area (Å²) in [6.45, 7) is 9.50. The van der Waals surface area contributed by atoms with E-state index >= 15 is 0 Å². The lowest BCUT2D eigenvalue weighted by atomic mass is 9.97. The highest BCUT2D eigenvalue weighted by Gasteiger charge is 2.24. The number of aromatic nitrogens is 1. The Bertz CT molecular complexity index is 455. The molecule has 1 unspecified atom stereocenters. The van der Waals surface area contributed by atoms with E-state index in [1.807, 2.05) is 24.0 Å². The lowest BCUT2D eigenvalue weighted by Crippen LogP contribution is -2.51. The number of pyridine rings is 1. The number of carbonyl (C=O) groups is 1. The summed E-state index contributed by atoms with van der Waals surface area (Å²) in [5, 5.41) is 6.39. The standard InChI is InChI=1S/C15H24N4O/c1-11(2)13(14-12(3)5-4-6-17-14)18-15(20)19-9-7-16-8-10-19/h4-6,11,13,16H,7-10H2,1-3H3,(H,18,20). The van der Waals surface area contributed by atoms with E-state index in [9.17, 15) is 4.79 Å². The first kappa shape index (κ1) is 14.8. The molecule has 0 aliphatic carbocycles. The van der Waals surface area contributed by atoms with Crippen LogP contribution in [0.4, 0.5) is 4.79 Å². The molecule has 1 aliphatic heterocycles. The van der Waals surface area contributed by atoms with E-state index < -0.39 is 0 Å². The molecule has 1 atom stereocenters. The van der Waals surface area contributed by atoms with Gasteiger partial charge < -0.3 is 15.5 Å². The summed E-state index contributed by atoms with van der Waals surface area (Å²) in [5.41, 5.74) is 2.08. The van der Waals surface area contributed by atoms with Crippen molar-refractivity contribution in [3.63, 3.8) is 0 Å². The lowest BCUT2D eigenvalue weighted by Gasteiger charge is -2.31. The summed E-state index contributed by atoms with van der Waals surface area (Å²) in [6, 6.07) is 3.93. The zero-order valence-corrected chi connectivity index (χ0v) is 12.5. The Morgan fingerprint density at radius 2 is 2.10 bits per heavy atom. The van der Waals surface area contributed by atoms with Crippen LogP contribution in [-0.2, 0) is 0 Å². The van der Waals surface area contributed by atoms with Crippen LogP contribution in [0.5, 0.6) is 0 Å². The number of carbonyl (C=O) groups excluding carboxylic acids is 1. The van der Waals surface area contributed by atoms with Crippen molar-refractivity contribution < 1.29 is 4.79 Å². The monoisotopic (exact) mass is 276 g/mol. The van der Waals surface area contributed by atoms with Crippen LogP contribution in [0.3, 0.4) is 0 Å². The molecule has 1 fully saturated rings. The smallest absolute Gasteiger partial charge is 0.318 e. The Hall–Kier alpha value is -1.62. The Kier molecular flexibility index (Phi) is 4.95. The Morgan fingerprint density at radius 3 is 2.70 bits per heavy atom. The summed E-state index contributed by atoms with van der Waals surface area (Å²) in [4.78, 5) is 18.7. The number of amides is 2. The summed E-state index contributed by atoms with van der Waals surface area (Å²) in [5.74, 6) is 0.301. The molecule has 0 radical (unpaired) electrons. The van der Waals surface area contributed by atoms with Gasteiger partial charge in [-0.1, -0.05) is 19.9 Å². The van der Waals surface area contributed by atoms with E-state index in [-0.39, 0.29) is 12.1 Å². The quantitative estimate of drug-likeness (QED) is 0.883. The predicted octanol–water partition coefficient (Wildman–Crippen LogP) is 1.70. The fourth-order valence-electron chi connectivity index (χ4n) is 2.47. The van der Waals surface area contributed by atoms with Crippen LogP contribution in [0, 0.1) is 12.8 Å². The molecule has 5 heteroatoms. The van der Waals surface area contributed by atoms with Crippen molar-refractivity contribution in [1.82, 2.24) is 20.5 Å². The molecule has 0 aromatic carbocycles. The minimum absolute atomic E-state index is 0.00949. The number of urea groups is 1. The van der Waals surface area contributed by atoms with Gasteiger partial charge in [0.05, 0.1) is 11.7 Å². The van der Waals surface area contributed by atoms with Gasteiger partial charge in [-0.05, 0) is 24.5 Å². The third kappa shape index (κ3) is 3.48. The highest BCUT2D eigenvalue weighted by Crippen LogP contribution is 2.22. The number of nitrogens with zero attached hydrogens (tertiary/aromatic N) is 2. The molecule has 1 saturated heterocycles. The van der Waals surface area contributed by atoms with Gasteiger partial charge in [0.1, 0.15) is 0 Å². The molecule has 0 bridgehead atoms. The van der Waals surface area contributed by atoms with Gasteiger partial charge in [0.15, 0.2) is 0 Å². The van der Waals surface area contributed by atoms with Gasteiger partial charge in [0.25, 0.3) is 0 Å². The molecule has 1 aliphatic rings. The molecule has 20 heavy (non-hydrogen) atoms. The maximum Gasteiger partial charge on any atom is 0.318 e. The van der Waals surface area contributed by atoms with Crippen molar-refractivity contribution in [2.24, 2.45) is 5.92 Å². The summed E-state index contributed by atoms with van der Waals surface area (Å²) >= 11 is 0. The van der Waals surface area contributed by atoms with E-state index in [0.29, 0.717) is 5.92 Å². The van der Waals surface area contributed by atoms with Crippen LogP contribution in [0.2, 0.25) is 0 Å². The topological polar surface area (TPSA) is 57.3 Å². The number of hydrogen-bond acceptors (Lipinski definition) is 3. The number of aryl methyl sites for hydroxylation is 1. The maximum atomic E-state index is 12.4. The van der Waals surface area contributed by atoms with Crippen molar-refractivity contribution in [1.29, 1.82) is 0 Å². The predicted molar refractivity (Wildman–Crippen MR) is 79.5 cm³/mol. The molecule has 0 saturated carbocycles. The largest absolute Gasteiger partial charge is 0.329 e. The highest BCUT2D eigenvalue weighted by atomic mass is 16.2. The van der Waals surface area contributed by atoms with Crippen LogP contribution in [0.15, 0.2) is 18.3 Å². The molecule has 5 nitrogen and oxygen atoms in total. The summed E-state index contributed by atoms with van der Waals surface area (Å²) < 4.78 is 0. The Morgan fingerprint density at radius 1 is 1.40 bits per heavy atom. The highest BCUT2D eigenvalue weighted by molar-refractivity contribution is 5.74. The molecule has 1 aromatic heterocycles. The van der Waals surface area contributed by atoms with E-state index in [0.717, 1.165) is 37.4 Å². The molecular weight excluding hydrogens is 252 g/mol. The second kappa shape index (κ2) is 6.70. The fraction of sp³-hybridized carbons (Fsp3) is 0.600. The minimum atomic E-state index is -0.0430. The van der Waals surface area contributed by atoms with Crippen molar-refractivity contribution in [3.8, 4) is 0 Å². The van der Waals surface area contributed by atoms with Gasteiger partial charge in [-0.15, -0.1) is 0 Å². The van der Waals surface area contributed by atoms with Gasteiger partial charge in [-0.3, -0.25) is 4.98 Å². The third-order valence-electron chi connectivity index (χ3n) is 3.69. The van der Waals surface area contributed by atoms with Crippen molar-refractivity contribution in [2.75, 3.05) is 26.2 Å². The SMILES string of the molecule is Cc1cccnc1C(NC(=O)N1CCNCC1)C(C)C. The summed E-state index contributed by atoms with van der Waals surface area (Å²) in [6.07, 6.45) is 1.79. The average molecular weight is 276 g/mol. The van der Waals surface area contributed by atoms with Crippen LogP contribution in [0.1, 0.15) is 31.1 Å². The second-order valence-electron chi connectivity index (χ2n) is 5.61. The fourth-order valence-corrected chi connectivity index (χ4v) is 2.47. The second-order valence-corrected chi connectivity index (χ2v) is 5.61. The molecule has 2 rings (SSSR count). The van der Waals surface area contributed by atoms with Gasteiger partial charge in [0.2, 0.25) is 0 Å². The zero-order chi connectivity index (χ0) is 14.5. The van der Waals surface area contributed by atoms with Crippen molar-refractivity contribution in [2.45, 2.75) is 26.8 Å². The number of rotatable bonds is 3. The van der Waals surface area contributed by atoms with Gasteiger partial charge in [0, 0.05) is 32.4 Å². The minimum Gasteiger partial charge on any atom is -0.329 e. The van der Waals surface area contributed by atoms with Crippen molar-refractivity contribution in [3.05, 3.63) is 29.6 Å². The van der Waals surface area contributed by atoms with Gasteiger partial charge >= 0.3 is 6.03 Å². The first-order valence-corrected chi connectivity index (χ1v) is 7.27. The van der Waals surface area contributed by atoms with Crippen molar-refractivity contribution >= 4 is 6.03 Å². The first-order valence-electron chi connectivity index (χ1n) is 7.27.